The van der Waals surface area contributed by atoms with Gasteiger partial charge in [0, 0.05) is 25.6 Å². The predicted octanol–water partition coefficient (Wildman–Crippen LogP) is 2.56. The summed E-state index contributed by atoms with van der Waals surface area (Å²) in [6.45, 7) is 3.24. The average molecular weight is 308 g/mol. The second-order valence-electron chi connectivity index (χ2n) is 7.44. The molecule has 2 aliphatic carbocycles. The van der Waals surface area contributed by atoms with Crippen molar-refractivity contribution in [1.29, 1.82) is 0 Å². The number of hydrogen-bond donors (Lipinski definition) is 1. The van der Waals surface area contributed by atoms with Gasteiger partial charge in [-0.2, -0.15) is 0 Å². The van der Waals surface area contributed by atoms with E-state index in [2.05, 4.69) is 4.90 Å². The Morgan fingerprint density at radius 1 is 1.09 bits per heavy atom. The molecule has 4 nitrogen and oxygen atoms in total. The first-order valence-corrected chi connectivity index (χ1v) is 9.40. The summed E-state index contributed by atoms with van der Waals surface area (Å²) in [6.07, 6.45) is 11.3. The molecule has 1 aliphatic heterocycles. The molecule has 126 valence electrons. The number of ether oxygens (including phenoxy) is 1. The minimum atomic E-state index is 0.337. The van der Waals surface area contributed by atoms with Gasteiger partial charge in [-0.05, 0) is 44.1 Å². The summed E-state index contributed by atoms with van der Waals surface area (Å²) in [5.41, 5.74) is 5.49. The molecule has 0 aromatic carbocycles. The van der Waals surface area contributed by atoms with Gasteiger partial charge in [0.1, 0.15) is 0 Å². The molecule has 3 aliphatic rings. The normalized spacial score (nSPS) is 30.5. The monoisotopic (exact) mass is 308 g/mol. The quantitative estimate of drug-likeness (QED) is 0.767. The number of hydrogen-bond acceptors (Lipinski definition) is 3. The van der Waals surface area contributed by atoms with Gasteiger partial charge in [-0.25, -0.2) is 0 Å². The maximum absolute atomic E-state index is 12.6. The molecule has 2 saturated carbocycles. The number of carbonyl (C=O) groups excluding carboxylic acids is 1. The molecule has 2 atom stereocenters. The van der Waals surface area contributed by atoms with Crippen molar-refractivity contribution in [3.8, 4) is 0 Å². The number of amides is 1. The van der Waals surface area contributed by atoms with Gasteiger partial charge in [-0.1, -0.05) is 32.1 Å². The molecule has 22 heavy (non-hydrogen) atoms. The lowest BCUT2D eigenvalue weighted by atomic mass is 9.85. The highest BCUT2D eigenvalue weighted by atomic mass is 16.5. The van der Waals surface area contributed by atoms with Gasteiger partial charge >= 0.3 is 0 Å². The van der Waals surface area contributed by atoms with Gasteiger partial charge in [0.2, 0.25) is 5.91 Å². The average Bonchev–Trinajstić information content (AvgIpc) is 3.37. The van der Waals surface area contributed by atoms with Crippen LogP contribution in [0.2, 0.25) is 0 Å². The van der Waals surface area contributed by atoms with Crippen molar-refractivity contribution in [3.05, 3.63) is 0 Å². The van der Waals surface area contributed by atoms with E-state index in [1.165, 1.54) is 32.1 Å². The first-order chi connectivity index (χ1) is 10.8. The SMILES string of the molecule is NCCCOC1CCN(C(=O)[C@H]2C[C@@H]2C2CCCCC2)CC1. The standard InChI is InChI=1S/C18H32N2O2/c19-9-4-12-22-15-7-10-20(11-8-15)18(21)17-13-16(17)14-5-2-1-3-6-14/h14-17H,1-13,19H2/t16-,17+/m1/s1. The van der Waals surface area contributed by atoms with Crippen LogP contribution in [0.25, 0.3) is 0 Å². The van der Waals surface area contributed by atoms with Crippen molar-refractivity contribution in [1.82, 2.24) is 4.90 Å². The van der Waals surface area contributed by atoms with Crippen LogP contribution in [0.3, 0.4) is 0 Å². The summed E-state index contributed by atoms with van der Waals surface area (Å²) in [7, 11) is 0. The lowest BCUT2D eigenvalue weighted by molar-refractivity contribution is -0.135. The van der Waals surface area contributed by atoms with Crippen molar-refractivity contribution in [2.24, 2.45) is 23.5 Å². The Bertz CT molecular complexity index is 360. The highest BCUT2D eigenvalue weighted by molar-refractivity contribution is 5.81. The largest absolute Gasteiger partial charge is 0.378 e. The number of nitrogens with zero attached hydrogens (tertiary/aromatic N) is 1. The van der Waals surface area contributed by atoms with Crippen molar-refractivity contribution >= 4 is 5.91 Å². The molecule has 0 aromatic heterocycles. The Balaban J connectivity index is 1.37. The molecule has 1 saturated heterocycles. The third-order valence-electron chi connectivity index (χ3n) is 5.87. The van der Waals surface area contributed by atoms with Crippen LogP contribution in [-0.2, 0) is 9.53 Å². The van der Waals surface area contributed by atoms with E-state index in [9.17, 15) is 4.79 Å². The van der Waals surface area contributed by atoms with Crippen LogP contribution in [0.5, 0.6) is 0 Å². The first kappa shape index (κ1) is 16.3. The molecule has 4 heteroatoms. The van der Waals surface area contributed by atoms with Crippen LogP contribution in [-0.4, -0.2) is 43.2 Å². The van der Waals surface area contributed by atoms with E-state index in [4.69, 9.17) is 10.5 Å². The number of piperidine rings is 1. The van der Waals surface area contributed by atoms with Crippen LogP contribution in [0.15, 0.2) is 0 Å². The Hall–Kier alpha value is -0.610. The number of nitrogens with two attached hydrogens (primary N) is 1. The molecule has 0 aromatic rings. The van der Waals surface area contributed by atoms with Crippen molar-refractivity contribution in [2.45, 2.75) is 63.9 Å². The van der Waals surface area contributed by atoms with E-state index in [0.717, 1.165) is 51.3 Å². The minimum absolute atomic E-state index is 0.337. The summed E-state index contributed by atoms with van der Waals surface area (Å²) in [5, 5.41) is 0. The molecule has 3 fully saturated rings. The van der Waals surface area contributed by atoms with E-state index in [-0.39, 0.29) is 0 Å². The molecule has 3 rings (SSSR count). The zero-order valence-corrected chi connectivity index (χ0v) is 13.8. The molecule has 0 radical (unpaired) electrons. The fourth-order valence-electron chi connectivity index (χ4n) is 4.39. The number of likely N-dealkylation sites (tertiary alicyclic amines) is 1. The highest BCUT2D eigenvalue weighted by Crippen LogP contribution is 2.50. The van der Waals surface area contributed by atoms with E-state index in [0.29, 0.717) is 30.4 Å². The van der Waals surface area contributed by atoms with Crippen LogP contribution >= 0.6 is 0 Å². The lowest BCUT2D eigenvalue weighted by Gasteiger charge is -2.32. The van der Waals surface area contributed by atoms with Crippen LogP contribution in [0.4, 0.5) is 0 Å². The molecular weight excluding hydrogens is 276 g/mol. The summed E-state index contributed by atoms with van der Waals surface area (Å²) < 4.78 is 5.83. The zero-order chi connectivity index (χ0) is 15.4. The molecule has 2 N–H and O–H groups in total. The van der Waals surface area contributed by atoms with Crippen molar-refractivity contribution in [3.63, 3.8) is 0 Å². The molecule has 0 bridgehead atoms. The van der Waals surface area contributed by atoms with Gasteiger partial charge < -0.3 is 15.4 Å². The highest BCUT2D eigenvalue weighted by Gasteiger charge is 2.49. The van der Waals surface area contributed by atoms with E-state index >= 15 is 0 Å². The van der Waals surface area contributed by atoms with Gasteiger partial charge in [0.15, 0.2) is 0 Å². The topological polar surface area (TPSA) is 55.6 Å². The Morgan fingerprint density at radius 3 is 2.50 bits per heavy atom. The number of carbonyl (C=O) groups is 1. The first-order valence-electron chi connectivity index (χ1n) is 9.40. The maximum Gasteiger partial charge on any atom is 0.225 e. The van der Waals surface area contributed by atoms with Crippen molar-refractivity contribution < 1.29 is 9.53 Å². The van der Waals surface area contributed by atoms with Gasteiger partial charge in [-0.15, -0.1) is 0 Å². The summed E-state index contributed by atoms with van der Waals surface area (Å²) in [6, 6.07) is 0. The Morgan fingerprint density at radius 2 is 1.82 bits per heavy atom. The van der Waals surface area contributed by atoms with E-state index in [1.54, 1.807) is 0 Å². The lowest BCUT2D eigenvalue weighted by Crippen LogP contribution is -2.42. The van der Waals surface area contributed by atoms with Gasteiger partial charge in [0.25, 0.3) is 0 Å². The van der Waals surface area contributed by atoms with Crippen molar-refractivity contribution in [2.75, 3.05) is 26.2 Å². The van der Waals surface area contributed by atoms with Gasteiger partial charge in [0.05, 0.1) is 6.10 Å². The molecule has 0 spiro atoms. The summed E-state index contributed by atoms with van der Waals surface area (Å²) in [4.78, 5) is 14.8. The second-order valence-corrected chi connectivity index (χ2v) is 7.44. The van der Waals surface area contributed by atoms with Crippen LogP contribution < -0.4 is 5.73 Å². The summed E-state index contributed by atoms with van der Waals surface area (Å²) >= 11 is 0. The Kier molecular flexibility index (Phi) is 5.75. The Labute approximate surface area is 134 Å². The molecule has 0 unspecified atom stereocenters. The molecule has 1 amide bonds. The predicted molar refractivity (Wildman–Crippen MR) is 87.4 cm³/mol. The third-order valence-corrected chi connectivity index (χ3v) is 5.87. The molecule has 1 heterocycles. The van der Waals surface area contributed by atoms with Crippen LogP contribution in [0, 0.1) is 17.8 Å². The third kappa shape index (κ3) is 4.02. The maximum atomic E-state index is 12.6. The second kappa shape index (κ2) is 7.78. The fourth-order valence-corrected chi connectivity index (χ4v) is 4.39. The van der Waals surface area contributed by atoms with E-state index < -0.39 is 0 Å². The smallest absolute Gasteiger partial charge is 0.225 e. The molecular formula is C18H32N2O2. The summed E-state index contributed by atoms with van der Waals surface area (Å²) in [5.74, 6) is 2.36. The van der Waals surface area contributed by atoms with E-state index in [1.807, 2.05) is 0 Å². The minimum Gasteiger partial charge on any atom is -0.378 e. The zero-order valence-electron chi connectivity index (χ0n) is 13.8. The van der Waals surface area contributed by atoms with Crippen LogP contribution in [0.1, 0.15) is 57.8 Å². The van der Waals surface area contributed by atoms with Gasteiger partial charge in [-0.3, -0.25) is 4.79 Å². The fraction of sp³-hybridized carbons (Fsp3) is 0.944. The number of rotatable bonds is 6.